The molecule has 1 heterocycles. The molecular weight excluding hydrogens is 158 g/mol. The summed E-state index contributed by atoms with van der Waals surface area (Å²) in [4.78, 5) is 17.1. The molecule has 1 rings (SSSR count). The fourth-order valence-electron chi connectivity index (χ4n) is 0.410. The molecule has 0 atom stereocenters. The molecule has 0 aliphatic heterocycles. The van der Waals surface area contributed by atoms with E-state index in [1.165, 1.54) is 25.6 Å². The lowest BCUT2D eigenvalue weighted by Crippen LogP contribution is -1.96. The van der Waals surface area contributed by atoms with Gasteiger partial charge >= 0.3 is 5.97 Å². The first-order valence-corrected chi connectivity index (χ1v) is 3.01. The minimum atomic E-state index is -1.00. The van der Waals surface area contributed by atoms with E-state index in [0.29, 0.717) is 0 Å². The van der Waals surface area contributed by atoms with Crippen molar-refractivity contribution in [2.45, 2.75) is 6.92 Å². The second kappa shape index (κ2) is 5.80. The summed E-state index contributed by atoms with van der Waals surface area (Å²) in [5.74, 6) is -1.00. The Balaban J connectivity index is 0.000000354. The van der Waals surface area contributed by atoms with Gasteiger partial charge < -0.3 is 5.11 Å². The lowest BCUT2D eigenvalue weighted by Gasteiger charge is -1.86. The molecule has 0 unspecified atom stereocenters. The van der Waals surface area contributed by atoms with E-state index in [4.69, 9.17) is 10.4 Å². The van der Waals surface area contributed by atoms with E-state index < -0.39 is 5.97 Å². The lowest BCUT2D eigenvalue weighted by molar-refractivity contribution is 0.0696. The van der Waals surface area contributed by atoms with Gasteiger partial charge in [0.05, 0.1) is 11.6 Å². The maximum Gasteiger partial charge on any atom is 0.338 e. The third kappa shape index (κ3) is 3.95. The number of carbonyl (C=O) groups is 1. The number of aromatic nitrogens is 2. The van der Waals surface area contributed by atoms with Gasteiger partial charge in [-0.3, -0.25) is 0 Å². The molecule has 5 nitrogen and oxygen atoms in total. The van der Waals surface area contributed by atoms with Crippen LogP contribution < -0.4 is 0 Å². The molecule has 0 radical (unpaired) electrons. The van der Waals surface area contributed by atoms with E-state index in [1.54, 1.807) is 6.07 Å². The zero-order valence-electron chi connectivity index (χ0n) is 6.43. The number of rotatable bonds is 1. The predicted octanol–water partition coefficient (Wildman–Crippen LogP) is 0.705. The summed E-state index contributed by atoms with van der Waals surface area (Å²) in [6.07, 6.45) is 3.77. The van der Waals surface area contributed by atoms with Gasteiger partial charge in [0.25, 0.3) is 0 Å². The van der Waals surface area contributed by atoms with Crippen LogP contribution in [0.15, 0.2) is 18.7 Å². The standard InChI is InChI=1S/C5H4N2O2.C2H3N/c8-5(9)4-1-6-3-7-2-4;1-2-3/h1-3H,(H,8,9);1H3. The van der Waals surface area contributed by atoms with E-state index >= 15 is 0 Å². The number of aromatic carboxylic acids is 1. The topological polar surface area (TPSA) is 86.9 Å². The number of hydrogen-bond acceptors (Lipinski definition) is 4. The van der Waals surface area contributed by atoms with Crippen molar-refractivity contribution in [1.82, 2.24) is 9.97 Å². The highest BCUT2D eigenvalue weighted by molar-refractivity contribution is 5.86. The van der Waals surface area contributed by atoms with Crippen molar-refractivity contribution in [2.75, 3.05) is 0 Å². The Hall–Kier alpha value is -1.96. The van der Waals surface area contributed by atoms with Crippen molar-refractivity contribution >= 4 is 5.97 Å². The van der Waals surface area contributed by atoms with Crippen LogP contribution in [0.1, 0.15) is 17.3 Å². The van der Waals surface area contributed by atoms with Crippen molar-refractivity contribution < 1.29 is 9.90 Å². The minimum Gasteiger partial charge on any atom is -0.478 e. The van der Waals surface area contributed by atoms with Gasteiger partial charge in [0.1, 0.15) is 6.33 Å². The molecule has 1 N–H and O–H groups in total. The molecule has 1 aromatic heterocycles. The van der Waals surface area contributed by atoms with E-state index in [2.05, 4.69) is 9.97 Å². The van der Waals surface area contributed by atoms with Gasteiger partial charge in [-0.25, -0.2) is 14.8 Å². The fourth-order valence-corrected chi connectivity index (χ4v) is 0.410. The lowest BCUT2D eigenvalue weighted by atomic mass is 10.4. The Morgan fingerprint density at radius 1 is 1.58 bits per heavy atom. The first-order chi connectivity index (χ1) is 5.72. The number of nitrogens with zero attached hydrogens (tertiary/aromatic N) is 3. The second-order valence-electron chi connectivity index (χ2n) is 1.66. The summed E-state index contributed by atoms with van der Waals surface area (Å²) >= 11 is 0. The molecule has 62 valence electrons. The highest BCUT2D eigenvalue weighted by atomic mass is 16.4. The molecule has 12 heavy (non-hydrogen) atoms. The average molecular weight is 165 g/mol. The third-order valence-corrected chi connectivity index (χ3v) is 0.808. The van der Waals surface area contributed by atoms with Gasteiger partial charge in [-0.1, -0.05) is 0 Å². The van der Waals surface area contributed by atoms with Crippen LogP contribution in [0.3, 0.4) is 0 Å². The van der Waals surface area contributed by atoms with Crippen molar-refractivity contribution in [1.29, 1.82) is 5.26 Å². The van der Waals surface area contributed by atoms with Crippen LogP contribution in [0.4, 0.5) is 0 Å². The first kappa shape index (κ1) is 10.0. The van der Waals surface area contributed by atoms with Crippen molar-refractivity contribution in [3.05, 3.63) is 24.3 Å². The Kier molecular flexibility index (Phi) is 4.85. The zero-order chi connectivity index (χ0) is 9.40. The SMILES string of the molecule is CC#N.O=C(O)c1cncnc1. The monoisotopic (exact) mass is 165 g/mol. The summed E-state index contributed by atoms with van der Waals surface area (Å²) in [7, 11) is 0. The second-order valence-corrected chi connectivity index (χ2v) is 1.66. The van der Waals surface area contributed by atoms with Crippen LogP contribution in [0, 0.1) is 11.3 Å². The van der Waals surface area contributed by atoms with Crippen LogP contribution in [0.5, 0.6) is 0 Å². The van der Waals surface area contributed by atoms with Crippen molar-refractivity contribution in [3.63, 3.8) is 0 Å². The maximum atomic E-state index is 10.1. The quantitative estimate of drug-likeness (QED) is 0.661. The Labute approximate surface area is 69.3 Å². The molecule has 0 aliphatic carbocycles. The molecule has 0 saturated carbocycles. The summed E-state index contributed by atoms with van der Waals surface area (Å²) < 4.78 is 0. The predicted molar refractivity (Wildman–Crippen MR) is 40.3 cm³/mol. The average Bonchev–Trinajstić information content (AvgIpc) is 2.07. The van der Waals surface area contributed by atoms with E-state index in [1.807, 2.05) is 0 Å². The van der Waals surface area contributed by atoms with Gasteiger partial charge in [-0.15, -0.1) is 0 Å². The Morgan fingerprint density at radius 2 is 2.00 bits per heavy atom. The largest absolute Gasteiger partial charge is 0.478 e. The fraction of sp³-hybridized carbons (Fsp3) is 0.143. The van der Waals surface area contributed by atoms with Crippen molar-refractivity contribution in [2.24, 2.45) is 0 Å². The van der Waals surface area contributed by atoms with Crippen LogP contribution in [0.2, 0.25) is 0 Å². The van der Waals surface area contributed by atoms with Gasteiger partial charge in [0, 0.05) is 19.3 Å². The van der Waals surface area contributed by atoms with Gasteiger partial charge in [-0.2, -0.15) is 5.26 Å². The number of hydrogen-bond donors (Lipinski definition) is 1. The molecule has 0 bridgehead atoms. The smallest absolute Gasteiger partial charge is 0.338 e. The highest BCUT2D eigenvalue weighted by Crippen LogP contribution is 1.89. The van der Waals surface area contributed by atoms with E-state index in [9.17, 15) is 4.79 Å². The van der Waals surface area contributed by atoms with Gasteiger partial charge in [-0.05, 0) is 0 Å². The number of nitriles is 1. The molecule has 0 saturated heterocycles. The molecule has 0 aromatic carbocycles. The summed E-state index contributed by atoms with van der Waals surface area (Å²) in [6, 6.07) is 1.75. The molecule has 0 aliphatic rings. The van der Waals surface area contributed by atoms with E-state index in [-0.39, 0.29) is 5.56 Å². The summed E-state index contributed by atoms with van der Waals surface area (Å²) in [5.41, 5.74) is 0.109. The van der Waals surface area contributed by atoms with Gasteiger partial charge in [0.15, 0.2) is 0 Å². The Morgan fingerprint density at radius 3 is 2.25 bits per heavy atom. The highest BCUT2D eigenvalue weighted by Gasteiger charge is 1.98. The molecule has 0 spiro atoms. The molecule has 0 amide bonds. The zero-order valence-corrected chi connectivity index (χ0v) is 6.43. The van der Waals surface area contributed by atoms with Crippen molar-refractivity contribution in [3.8, 4) is 6.07 Å². The molecule has 1 aromatic rings. The summed E-state index contributed by atoms with van der Waals surface area (Å²) in [6.45, 7) is 1.43. The normalized spacial score (nSPS) is 7.33. The molecular formula is C7H7N3O2. The first-order valence-electron chi connectivity index (χ1n) is 3.01. The van der Waals surface area contributed by atoms with Crippen LogP contribution in [-0.4, -0.2) is 21.0 Å². The third-order valence-electron chi connectivity index (χ3n) is 0.808. The number of carboxylic acids is 1. The van der Waals surface area contributed by atoms with Crippen LogP contribution in [0.25, 0.3) is 0 Å². The van der Waals surface area contributed by atoms with Crippen LogP contribution in [-0.2, 0) is 0 Å². The number of carboxylic acid groups (broad SMARTS) is 1. The van der Waals surface area contributed by atoms with Crippen LogP contribution >= 0.6 is 0 Å². The minimum absolute atomic E-state index is 0.109. The van der Waals surface area contributed by atoms with E-state index in [0.717, 1.165) is 0 Å². The van der Waals surface area contributed by atoms with Gasteiger partial charge in [0.2, 0.25) is 0 Å². The summed E-state index contributed by atoms with van der Waals surface area (Å²) in [5, 5.41) is 15.6. The molecule has 5 heteroatoms. The maximum absolute atomic E-state index is 10.1. The Bertz CT molecular complexity index is 278. The molecule has 0 fully saturated rings.